The number of rotatable bonds is 2. The average molecular weight is 338 g/mol. The van der Waals surface area contributed by atoms with E-state index in [-0.39, 0.29) is 5.91 Å². The second-order valence-electron chi connectivity index (χ2n) is 5.76. The summed E-state index contributed by atoms with van der Waals surface area (Å²) in [6, 6.07) is 6.43. The normalized spacial score (nSPS) is 10.5. The van der Waals surface area contributed by atoms with Gasteiger partial charge in [-0.2, -0.15) is 0 Å². The lowest BCUT2D eigenvalue weighted by Crippen LogP contribution is -2.47. The molecule has 23 heavy (non-hydrogen) atoms. The van der Waals surface area contributed by atoms with Gasteiger partial charge in [-0.05, 0) is 57.3 Å². The number of carbonyl (C=O) groups is 2. The zero-order chi connectivity index (χ0) is 17.6. The van der Waals surface area contributed by atoms with Crippen molar-refractivity contribution in [2.75, 3.05) is 19.4 Å². The Morgan fingerprint density at radius 1 is 1.17 bits per heavy atom. The van der Waals surface area contributed by atoms with Crippen molar-refractivity contribution in [3.63, 3.8) is 0 Å². The molecule has 0 radical (unpaired) electrons. The summed E-state index contributed by atoms with van der Waals surface area (Å²) in [7, 11) is 3.30. The fourth-order valence-electron chi connectivity index (χ4n) is 1.56. The van der Waals surface area contributed by atoms with Crippen LogP contribution in [-0.4, -0.2) is 41.8 Å². The minimum atomic E-state index is -0.569. The smallest absolute Gasteiger partial charge is 0.412 e. The van der Waals surface area contributed by atoms with Gasteiger partial charge in [0.25, 0.3) is 5.91 Å². The lowest BCUT2D eigenvalue weighted by Gasteiger charge is -2.20. The van der Waals surface area contributed by atoms with Crippen molar-refractivity contribution in [2.24, 2.45) is 0 Å². The maximum absolute atomic E-state index is 12.0. The fraction of sp³-hybridized carbons (Fsp3) is 0.400. The van der Waals surface area contributed by atoms with E-state index in [2.05, 4.69) is 16.1 Å². The quantitative estimate of drug-likeness (QED) is 0.566. The lowest BCUT2D eigenvalue weighted by atomic mass is 10.2. The highest BCUT2D eigenvalue weighted by atomic mass is 32.1. The third kappa shape index (κ3) is 6.52. The summed E-state index contributed by atoms with van der Waals surface area (Å²) in [6.45, 7) is 5.35. The van der Waals surface area contributed by atoms with Gasteiger partial charge in [-0.25, -0.2) is 4.79 Å². The van der Waals surface area contributed by atoms with Crippen molar-refractivity contribution in [3.8, 4) is 0 Å². The van der Waals surface area contributed by atoms with Crippen LogP contribution in [0.1, 0.15) is 31.1 Å². The van der Waals surface area contributed by atoms with Gasteiger partial charge in [-0.3, -0.25) is 20.5 Å². The van der Waals surface area contributed by atoms with Crippen LogP contribution in [-0.2, 0) is 4.74 Å². The van der Waals surface area contributed by atoms with E-state index in [0.717, 1.165) is 0 Å². The summed E-state index contributed by atoms with van der Waals surface area (Å²) < 4.78 is 5.15. The number of carbonyl (C=O) groups excluding carboxylic acids is 2. The molecule has 3 N–H and O–H groups in total. The molecule has 0 aliphatic heterocycles. The van der Waals surface area contributed by atoms with Gasteiger partial charge in [0.1, 0.15) is 5.60 Å². The Hall–Kier alpha value is -2.35. The average Bonchev–Trinajstić information content (AvgIpc) is 2.44. The molecule has 0 atom stereocenters. The van der Waals surface area contributed by atoms with Crippen LogP contribution in [0.25, 0.3) is 0 Å². The SMILES string of the molecule is CNC(=S)N(C)NC(=O)c1ccc(NC(=O)OC(C)(C)C)cc1. The van der Waals surface area contributed by atoms with Crippen LogP contribution in [0.2, 0.25) is 0 Å². The van der Waals surface area contributed by atoms with Gasteiger partial charge in [0.15, 0.2) is 5.11 Å². The number of benzene rings is 1. The van der Waals surface area contributed by atoms with E-state index in [1.54, 1.807) is 59.1 Å². The first kappa shape index (κ1) is 18.7. The van der Waals surface area contributed by atoms with Crippen molar-refractivity contribution in [2.45, 2.75) is 26.4 Å². The molecule has 0 unspecified atom stereocenters. The van der Waals surface area contributed by atoms with E-state index in [9.17, 15) is 9.59 Å². The third-order valence-electron chi connectivity index (χ3n) is 2.58. The molecule has 0 aliphatic rings. The van der Waals surface area contributed by atoms with Crippen LogP contribution in [0, 0.1) is 0 Å². The number of hydrazine groups is 1. The number of amides is 2. The zero-order valence-electron chi connectivity index (χ0n) is 13.9. The van der Waals surface area contributed by atoms with Gasteiger partial charge in [0.05, 0.1) is 0 Å². The highest BCUT2D eigenvalue weighted by Crippen LogP contribution is 2.13. The predicted octanol–water partition coefficient (Wildman–Crippen LogP) is 2.11. The van der Waals surface area contributed by atoms with Crippen LogP contribution < -0.4 is 16.1 Å². The van der Waals surface area contributed by atoms with Crippen molar-refractivity contribution in [1.82, 2.24) is 15.8 Å². The van der Waals surface area contributed by atoms with Crippen molar-refractivity contribution in [3.05, 3.63) is 29.8 Å². The van der Waals surface area contributed by atoms with Crippen molar-refractivity contribution < 1.29 is 14.3 Å². The standard InChI is InChI=1S/C15H22N4O3S/c1-15(2,3)22-14(21)17-11-8-6-10(7-9-11)12(20)18-19(5)13(23)16-4/h6-9H,1-5H3,(H,16,23)(H,17,21)(H,18,20). The number of ether oxygens (including phenoxy) is 1. The molecule has 0 aromatic heterocycles. The molecular weight excluding hydrogens is 316 g/mol. The number of nitrogens with one attached hydrogen (secondary N) is 3. The first-order valence-corrected chi connectivity index (χ1v) is 7.39. The van der Waals surface area contributed by atoms with E-state index >= 15 is 0 Å². The maximum Gasteiger partial charge on any atom is 0.412 e. The summed E-state index contributed by atoms with van der Waals surface area (Å²) >= 11 is 5.00. The molecule has 0 heterocycles. The highest BCUT2D eigenvalue weighted by Gasteiger charge is 2.16. The zero-order valence-corrected chi connectivity index (χ0v) is 14.7. The number of anilines is 1. The van der Waals surface area contributed by atoms with Crippen molar-refractivity contribution >= 4 is 35.0 Å². The number of thiocarbonyl (C=S) groups is 1. The summed E-state index contributed by atoms with van der Waals surface area (Å²) in [5.41, 5.74) is 3.02. The Balaban J connectivity index is 2.64. The first-order valence-electron chi connectivity index (χ1n) is 6.99. The summed E-state index contributed by atoms with van der Waals surface area (Å²) in [5.74, 6) is -0.311. The summed E-state index contributed by atoms with van der Waals surface area (Å²) in [6.07, 6.45) is -0.547. The first-order chi connectivity index (χ1) is 10.6. The molecular formula is C15H22N4O3S. The van der Waals surface area contributed by atoms with Gasteiger partial charge in [-0.15, -0.1) is 0 Å². The van der Waals surface area contributed by atoms with Gasteiger partial charge >= 0.3 is 6.09 Å². The fourth-order valence-corrected chi connectivity index (χ4v) is 1.61. The molecule has 0 saturated heterocycles. The molecule has 2 amide bonds. The third-order valence-corrected chi connectivity index (χ3v) is 3.06. The van der Waals surface area contributed by atoms with Crippen LogP contribution in [0.3, 0.4) is 0 Å². The molecule has 8 heteroatoms. The van der Waals surface area contributed by atoms with Crippen LogP contribution in [0.4, 0.5) is 10.5 Å². The van der Waals surface area contributed by atoms with Crippen LogP contribution >= 0.6 is 12.2 Å². The van der Waals surface area contributed by atoms with E-state index in [1.165, 1.54) is 5.01 Å². The topological polar surface area (TPSA) is 82.7 Å². The summed E-state index contributed by atoms with van der Waals surface area (Å²) in [4.78, 5) is 23.7. The van der Waals surface area contributed by atoms with Crippen LogP contribution in [0.5, 0.6) is 0 Å². The number of nitrogens with zero attached hydrogens (tertiary/aromatic N) is 1. The van der Waals surface area contributed by atoms with Crippen LogP contribution in [0.15, 0.2) is 24.3 Å². The molecule has 0 saturated carbocycles. The monoisotopic (exact) mass is 338 g/mol. The molecule has 126 valence electrons. The Morgan fingerprint density at radius 3 is 2.22 bits per heavy atom. The van der Waals surface area contributed by atoms with E-state index in [0.29, 0.717) is 16.4 Å². The van der Waals surface area contributed by atoms with Gasteiger partial charge < -0.3 is 10.1 Å². The number of hydrogen-bond acceptors (Lipinski definition) is 4. The minimum absolute atomic E-state index is 0.311. The largest absolute Gasteiger partial charge is 0.444 e. The van der Waals surface area contributed by atoms with E-state index in [1.807, 2.05) is 0 Å². The van der Waals surface area contributed by atoms with Gasteiger partial charge in [-0.1, -0.05) is 0 Å². The maximum atomic E-state index is 12.0. The Morgan fingerprint density at radius 2 is 1.74 bits per heavy atom. The lowest BCUT2D eigenvalue weighted by molar-refractivity contribution is 0.0635. The molecule has 7 nitrogen and oxygen atoms in total. The Labute approximate surface area is 141 Å². The minimum Gasteiger partial charge on any atom is -0.444 e. The molecule has 1 aromatic carbocycles. The Bertz CT molecular complexity index is 581. The number of hydrogen-bond donors (Lipinski definition) is 3. The molecule has 1 rings (SSSR count). The Kier molecular flexibility index (Phi) is 6.32. The molecule has 0 fully saturated rings. The summed E-state index contributed by atoms with van der Waals surface area (Å²) in [5, 5.41) is 7.15. The van der Waals surface area contributed by atoms with Crippen molar-refractivity contribution in [1.29, 1.82) is 0 Å². The molecule has 0 aliphatic carbocycles. The highest BCUT2D eigenvalue weighted by molar-refractivity contribution is 7.80. The van der Waals surface area contributed by atoms with E-state index in [4.69, 9.17) is 17.0 Å². The predicted molar refractivity (Wildman–Crippen MR) is 93.2 cm³/mol. The van der Waals surface area contributed by atoms with Gasteiger partial charge in [0, 0.05) is 25.3 Å². The van der Waals surface area contributed by atoms with Gasteiger partial charge in [0.2, 0.25) is 0 Å². The second-order valence-corrected chi connectivity index (χ2v) is 6.15. The second kappa shape index (κ2) is 7.77. The molecule has 0 spiro atoms. The van der Waals surface area contributed by atoms with E-state index < -0.39 is 11.7 Å². The molecule has 1 aromatic rings. The molecule has 0 bridgehead atoms.